The quantitative estimate of drug-likeness (QED) is 0.379. The summed E-state index contributed by atoms with van der Waals surface area (Å²) in [7, 11) is 0. The Morgan fingerprint density at radius 2 is 1.69 bits per heavy atom. The molecule has 1 rings (SSSR count). The fourth-order valence-corrected chi connectivity index (χ4v) is 0.786. The zero-order valence-corrected chi connectivity index (χ0v) is 6.48. The van der Waals surface area contributed by atoms with Gasteiger partial charge in [-0.1, -0.05) is 0 Å². The summed E-state index contributed by atoms with van der Waals surface area (Å²) in [5.41, 5.74) is 4.54. The Morgan fingerprint density at radius 3 is 2.08 bits per heavy atom. The number of hydrogen-bond donors (Lipinski definition) is 1. The summed E-state index contributed by atoms with van der Waals surface area (Å²) in [6, 6.07) is 0. The minimum absolute atomic E-state index is 0.0229. The number of hydroxylamine groups is 2. The molecule has 3 amide bonds. The molecule has 1 aliphatic rings. The zero-order valence-electron chi connectivity index (χ0n) is 6.48. The molecule has 7 heteroatoms. The molecular weight excluding hydrogens is 180 g/mol. The van der Waals surface area contributed by atoms with Crippen molar-refractivity contribution in [3.8, 4) is 0 Å². The van der Waals surface area contributed by atoms with Crippen LogP contribution in [0.4, 0.5) is 0 Å². The molecule has 0 bridgehead atoms. The predicted octanol–water partition coefficient (Wildman–Crippen LogP) is -1.92. The van der Waals surface area contributed by atoms with Crippen molar-refractivity contribution in [1.82, 2.24) is 5.06 Å². The number of imide groups is 1. The van der Waals surface area contributed by atoms with Crippen molar-refractivity contribution < 1.29 is 24.0 Å². The van der Waals surface area contributed by atoms with E-state index < -0.39 is 23.7 Å². The van der Waals surface area contributed by atoms with E-state index in [1.165, 1.54) is 0 Å². The predicted molar refractivity (Wildman–Crippen MR) is 36.4 cm³/mol. The normalized spacial score (nSPS) is 16.2. The highest BCUT2D eigenvalue weighted by molar-refractivity contribution is 6.32. The third-order valence-electron chi connectivity index (χ3n) is 1.38. The molecule has 0 aromatic carbocycles. The van der Waals surface area contributed by atoms with E-state index in [4.69, 9.17) is 0 Å². The Bertz CT molecular complexity index is 281. The molecule has 0 aliphatic carbocycles. The molecule has 1 heterocycles. The number of rotatable bonds is 1. The summed E-state index contributed by atoms with van der Waals surface area (Å²) >= 11 is 0. The number of amides is 3. The van der Waals surface area contributed by atoms with Crippen LogP contribution in [0.25, 0.3) is 0 Å². The SMILES string of the molecule is NC(=O)C(=O)ON1C(=O)CCC1=O. The first-order valence-electron chi connectivity index (χ1n) is 3.40. The van der Waals surface area contributed by atoms with Crippen LogP contribution in [0, 0.1) is 0 Å². The van der Waals surface area contributed by atoms with Crippen LogP contribution in [0.3, 0.4) is 0 Å². The van der Waals surface area contributed by atoms with E-state index in [1.54, 1.807) is 0 Å². The highest BCUT2D eigenvalue weighted by Gasteiger charge is 2.33. The van der Waals surface area contributed by atoms with Gasteiger partial charge < -0.3 is 10.6 Å². The van der Waals surface area contributed by atoms with Crippen LogP contribution in [0.1, 0.15) is 12.8 Å². The molecule has 0 spiro atoms. The minimum Gasteiger partial charge on any atom is -0.360 e. The van der Waals surface area contributed by atoms with Gasteiger partial charge in [0.25, 0.3) is 11.8 Å². The first-order chi connectivity index (χ1) is 6.02. The van der Waals surface area contributed by atoms with Gasteiger partial charge in [0.15, 0.2) is 0 Å². The van der Waals surface area contributed by atoms with Crippen LogP contribution in [0.5, 0.6) is 0 Å². The fraction of sp³-hybridized carbons (Fsp3) is 0.333. The lowest BCUT2D eigenvalue weighted by Gasteiger charge is -2.10. The summed E-state index contributed by atoms with van der Waals surface area (Å²) in [5.74, 6) is -4.09. The molecule has 1 aliphatic heterocycles. The van der Waals surface area contributed by atoms with Crippen LogP contribution in [0.2, 0.25) is 0 Å². The molecule has 0 unspecified atom stereocenters. The molecule has 13 heavy (non-hydrogen) atoms. The zero-order chi connectivity index (χ0) is 10.0. The van der Waals surface area contributed by atoms with Gasteiger partial charge >= 0.3 is 11.9 Å². The Labute approximate surface area is 72.4 Å². The summed E-state index contributed by atoms with van der Waals surface area (Å²) < 4.78 is 0. The molecule has 2 N–H and O–H groups in total. The molecule has 0 aromatic heterocycles. The molecule has 0 aromatic rings. The number of nitrogens with zero attached hydrogens (tertiary/aromatic N) is 1. The highest BCUT2D eigenvalue weighted by Crippen LogP contribution is 2.11. The second-order valence-corrected chi connectivity index (χ2v) is 2.32. The van der Waals surface area contributed by atoms with Crippen molar-refractivity contribution in [3.63, 3.8) is 0 Å². The van der Waals surface area contributed by atoms with Gasteiger partial charge in [-0.3, -0.25) is 14.4 Å². The van der Waals surface area contributed by atoms with Gasteiger partial charge in [-0.25, -0.2) is 4.79 Å². The van der Waals surface area contributed by atoms with Crippen molar-refractivity contribution in [2.24, 2.45) is 5.73 Å². The summed E-state index contributed by atoms with van der Waals surface area (Å²) in [6.45, 7) is 0. The average molecular weight is 186 g/mol. The van der Waals surface area contributed by atoms with Gasteiger partial charge in [0.1, 0.15) is 0 Å². The van der Waals surface area contributed by atoms with Crippen molar-refractivity contribution in [2.45, 2.75) is 12.8 Å². The van der Waals surface area contributed by atoms with E-state index in [0.29, 0.717) is 0 Å². The number of primary amides is 1. The monoisotopic (exact) mass is 186 g/mol. The number of nitrogens with two attached hydrogens (primary N) is 1. The van der Waals surface area contributed by atoms with E-state index in [-0.39, 0.29) is 17.9 Å². The number of hydrogen-bond acceptors (Lipinski definition) is 5. The lowest BCUT2D eigenvalue weighted by Crippen LogP contribution is -2.37. The minimum atomic E-state index is -1.43. The van der Waals surface area contributed by atoms with E-state index >= 15 is 0 Å². The van der Waals surface area contributed by atoms with Crippen LogP contribution < -0.4 is 5.73 Å². The van der Waals surface area contributed by atoms with Crippen LogP contribution >= 0.6 is 0 Å². The maximum atomic E-state index is 10.8. The Morgan fingerprint density at radius 1 is 1.23 bits per heavy atom. The van der Waals surface area contributed by atoms with E-state index in [2.05, 4.69) is 10.6 Å². The first-order valence-corrected chi connectivity index (χ1v) is 3.40. The smallest absolute Gasteiger partial charge is 0.360 e. The number of carbonyl (C=O) groups excluding carboxylic acids is 4. The lowest BCUT2D eigenvalue weighted by atomic mass is 10.4. The molecule has 0 saturated carbocycles. The summed E-state index contributed by atoms with van der Waals surface area (Å²) in [5, 5.41) is 0.257. The van der Waals surface area contributed by atoms with Crippen LogP contribution in [-0.4, -0.2) is 28.8 Å². The van der Waals surface area contributed by atoms with Gasteiger partial charge in [0.2, 0.25) is 0 Å². The third-order valence-corrected chi connectivity index (χ3v) is 1.38. The molecule has 1 fully saturated rings. The molecular formula is C6H6N2O5. The Kier molecular flexibility index (Phi) is 2.27. The Balaban J connectivity index is 2.63. The maximum Gasteiger partial charge on any atom is 0.421 e. The van der Waals surface area contributed by atoms with Crippen molar-refractivity contribution in [3.05, 3.63) is 0 Å². The fourth-order valence-electron chi connectivity index (χ4n) is 0.786. The standard InChI is InChI=1S/C6H6N2O5/c7-5(11)6(12)13-8-3(9)1-2-4(8)10/h1-2H2,(H2,7,11). The lowest BCUT2D eigenvalue weighted by molar-refractivity contribution is -0.197. The topological polar surface area (TPSA) is 107 Å². The first kappa shape index (κ1) is 9.17. The summed E-state index contributed by atoms with van der Waals surface area (Å²) in [4.78, 5) is 46.5. The van der Waals surface area contributed by atoms with E-state index in [1.807, 2.05) is 0 Å². The third kappa shape index (κ3) is 1.81. The van der Waals surface area contributed by atoms with Gasteiger partial charge in [0.05, 0.1) is 0 Å². The van der Waals surface area contributed by atoms with Crippen molar-refractivity contribution in [1.29, 1.82) is 0 Å². The second-order valence-electron chi connectivity index (χ2n) is 2.32. The van der Waals surface area contributed by atoms with Gasteiger partial charge in [0, 0.05) is 12.8 Å². The number of carbonyl (C=O) groups is 4. The van der Waals surface area contributed by atoms with Gasteiger partial charge in [-0.2, -0.15) is 0 Å². The van der Waals surface area contributed by atoms with Crippen LogP contribution in [-0.2, 0) is 24.0 Å². The molecule has 7 nitrogen and oxygen atoms in total. The Hall–Kier alpha value is -1.92. The van der Waals surface area contributed by atoms with E-state index in [9.17, 15) is 19.2 Å². The van der Waals surface area contributed by atoms with E-state index in [0.717, 1.165) is 0 Å². The average Bonchev–Trinajstić information content (AvgIpc) is 2.35. The maximum absolute atomic E-state index is 10.8. The van der Waals surface area contributed by atoms with Crippen molar-refractivity contribution in [2.75, 3.05) is 0 Å². The largest absolute Gasteiger partial charge is 0.421 e. The molecule has 0 radical (unpaired) electrons. The van der Waals surface area contributed by atoms with Gasteiger partial charge in [-0.05, 0) is 0 Å². The van der Waals surface area contributed by atoms with Crippen molar-refractivity contribution >= 4 is 23.7 Å². The summed E-state index contributed by atoms with van der Waals surface area (Å²) in [6.07, 6.45) is -0.0459. The molecule has 0 atom stereocenters. The molecule has 70 valence electrons. The second kappa shape index (κ2) is 3.21. The highest BCUT2D eigenvalue weighted by atomic mass is 16.7. The van der Waals surface area contributed by atoms with Gasteiger partial charge in [-0.15, -0.1) is 5.06 Å². The van der Waals surface area contributed by atoms with Crippen LogP contribution in [0.15, 0.2) is 0 Å². The molecule has 1 saturated heterocycles.